The number of nitrogens with one attached hydrogen (secondary N) is 1. The van der Waals surface area contributed by atoms with Crippen LogP contribution in [0.15, 0.2) is 59.8 Å². The molecule has 1 aromatic heterocycles. The van der Waals surface area contributed by atoms with Gasteiger partial charge in [-0.2, -0.15) is 0 Å². The molecule has 0 bridgehead atoms. The predicted molar refractivity (Wildman–Crippen MR) is 120 cm³/mol. The minimum absolute atomic E-state index is 0.166. The van der Waals surface area contributed by atoms with Crippen molar-refractivity contribution in [2.75, 3.05) is 4.72 Å². The average Bonchev–Trinajstić information content (AvgIpc) is 3.29. The highest BCUT2D eigenvalue weighted by Gasteiger charge is 2.22. The smallest absolute Gasteiger partial charge is 0.263 e. The van der Waals surface area contributed by atoms with Crippen LogP contribution in [0.4, 0.5) is 5.82 Å². The van der Waals surface area contributed by atoms with Crippen molar-refractivity contribution in [2.24, 2.45) is 0 Å². The first-order chi connectivity index (χ1) is 14.5. The van der Waals surface area contributed by atoms with Gasteiger partial charge in [0.1, 0.15) is 11.5 Å². The zero-order valence-corrected chi connectivity index (χ0v) is 18.4. The van der Waals surface area contributed by atoms with Gasteiger partial charge in [-0.3, -0.25) is 4.72 Å². The molecule has 1 fully saturated rings. The molecule has 1 saturated carbocycles. The number of sulfonamides is 1. The minimum Gasteiger partial charge on any atom is -0.263 e. The Labute approximate surface area is 182 Å². The molecular weight excluding hydrogens is 418 g/mol. The lowest BCUT2D eigenvalue weighted by atomic mass is 9.98. The van der Waals surface area contributed by atoms with Gasteiger partial charge in [0.05, 0.1) is 10.5 Å². The normalized spacial score (nSPS) is 14.7. The van der Waals surface area contributed by atoms with Gasteiger partial charge < -0.3 is 0 Å². The predicted octanol–water partition coefficient (Wildman–Crippen LogP) is 5.82. The molecule has 0 saturated heterocycles. The molecule has 0 spiro atoms. The Kier molecular flexibility index (Phi) is 6.06. The van der Waals surface area contributed by atoms with Crippen molar-refractivity contribution in [2.45, 2.75) is 49.8 Å². The summed E-state index contributed by atoms with van der Waals surface area (Å²) < 4.78 is 28.6. The lowest BCUT2D eigenvalue weighted by Crippen LogP contribution is -2.15. The number of anilines is 1. The van der Waals surface area contributed by atoms with Crippen LogP contribution in [0, 0.1) is 0 Å². The van der Waals surface area contributed by atoms with Crippen LogP contribution in [0.5, 0.6) is 0 Å². The molecule has 4 rings (SSSR count). The molecule has 2 aromatic carbocycles. The van der Waals surface area contributed by atoms with Crippen molar-refractivity contribution in [1.29, 1.82) is 0 Å². The Hall–Kier alpha value is -2.44. The number of hydrogen-bond acceptors (Lipinski definition) is 4. The van der Waals surface area contributed by atoms with Crippen LogP contribution >= 0.6 is 11.6 Å². The van der Waals surface area contributed by atoms with Gasteiger partial charge in [0, 0.05) is 0 Å². The van der Waals surface area contributed by atoms with Gasteiger partial charge in [-0.1, -0.05) is 67.8 Å². The summed E-state index contributed by atoms with van der Waals surface area (Å²) in [6.07, 6.45) is 6.99. The summed E-state index contributed by atoms with van der Waals surface area (Å²) in [6.45, 7) is 2.07. The van der Waals surface area contributed by atoms with Crippen LogP contribution in [0.2, 0.25) is 5.15 Å². The van der Waals surface area contributed by atoms with Gasteiger partial charge in [-0.15, -0.1) is 0 Å². The molecule has 7 heteroatoms. The SMILES string of the molecule is CCc1ccc(-c2c(Cl)ncnc2NS(=O)(=O)c2ccc(C3CCCC3)cc2)cc1. The quantitative estimate of drug-likeness (QED) is 0.489. The summed E-state index contributed by atoms with van der Waals surface area (Å²) in [7, 11) is -3.81. The second-order valence-electron chi connectivity index (χ2n) is 7.59. The van der Waals surface area contributed by atoms with E-state index in [1.807, 2.05) is 36.4 Å². The van der Waals surface area contributed by atoms with Gasteiger partial charge in [-0.25, -0.2) is 18.4 Å². The first-order valence-electron chi connectivity index (χ1n) is 10.2. The van der Waals surface area contributed by atoms with Crippen LogP contribution in [-0.4, -0.2) is 18.4 Å². The number of aryl methyl sites for hydroxylation is 1. The Morgan fingerprint density at radius 2 is 1.67 bits per heavy atom. The fraction of sp³-hybridized carbons (Fsp3) is 0.304. The van der Waals surface area contributed by atoms with E-state index < -0.39 is 10.0 Å². The van der Waals surface area contributed by atoms with Gasteiger partial charge in [-0.05, 0) is 54.0 Å². The molecule has 0 amide bonds. The van der Waals surface area contributed by atoms with Gasteiger partial charge in [0.15, 0.2) is 5.82 Å². The second-order valence-corrected chi connectivity index (χ2v) is 9.63. The molecule has 0 aliphatic heterocycles. The van der Waals surface area contributed by atoms with Crippen LogP contribution in [0.1, 0.15) is 49.7 Å². The van der Waals surface area contributed by atoms with E-state index in [2.05, 4.69) is 21.6 Å². The number of rotatable bonds is 6. The zero-order valence-electron chi connectivity index (χ0n) is 16.8. The standard InChI is InChI=1S/C23H24ClN3O2S/c1-2-16-7-9-19(10-8-16)21-22(24)25-15-26-23(21)27-30(28,29)20-13-11-18(12-14-20)17-5-3-4-6-17/h7-15,17H,2-6H2,1H3,(H,25,26,27). The van der Waals surface area contributed by atoms with Crippen molar-refractivity contribution in [3.8, 4) is 11.1 Å². The highest BCUT2D eigenvalue weighted by Crippen LogP contribution is 2.35. The van der Waals surface area contributed by atoms with Gasteiger partial charge in [0.2, 0.25) is 0 Å². The molecule has 30 heavy (non-hydrogen) atoms. The van der Waals surface area contributed by atoms with E-state index in [0.29, 0.717) is 11.5 Å². The number of hydrogen-bond donors (Lipinski definition) is 1. The maximum atomic E-state index is 13.0. The average molecular weight is 442 g/mol. The fourth-order valence-electron chi connectivity index (χ4n) is 3.97. The Morgan fingerprint density at radius 1 is 1.00 bits per heavy atom. The van der Waals surface area contributed by atoms with E-state index in [4.69, 9.17) is 11.6 Å². The minimum atomic E-state index is -3.81. The molecule has 156 valence electrons. The third kappa shape index (κ3) is 4.35. The van der Waals surface area contributed by atoms with Crippen LogP contribution in [-0.2, 0) is 16.4 Å². The molecule has 3 aromatic rings. The van der Waals surface area contributed by atoms with Crippen molar-refractivity contribution >= 4 is 27.4 Å². The Balaban J connectivity index is 1.63. The summed E-state index contributed by atoms with van der Waals surface area (Å²) in [5, 5.41) is 0.198. The van der Waals surface area contributed by atoms with Gasteiger partial charge in [0.25, 0.3) is 10.0 Å². The second kappa shape index (κ2) is 8.74. The largest absolute Gasteiger partial charge is 0.263 e. The van der Waals surface area contributed by atoms with E-state index in [1.54, 1.807) is 12.1 Å². The van der Waals surface area contributed by atoms with Gasteiger partial charge >= 0.3 is 0 Å². The maximum Gasteiger partial charge on any atom is 0.263 e. The molecule has 1 N–H and O–H groups in total. The first-order valence-corrected chi connectivity index (χ1v) is 12.1. The topological polar surface area (TPSA) is 72.0 Å². The summed E-state index contributed by atoms with van der Waals surface area (Å²) in [5.41, 5.74) is 3.60. The molecule has 1 aliphatic carbocycles. The van der Waals surface area contributed by atoms with E-state index in [9.17, 15) is 8.42 Å². The van der Waals surface area contributed by atoms with E-state index >= 15 is 0 Å². The third-order valence-electron chi connectivity index (χ3n) is 5.70. The molecular formula is C23H24ClN3O2S. The lowest BCUT2D eigenvalue weighted by Gasteiger charge is -2.14. The number of halogens is 1. The van der Waals surface area contributed by atoms with E-state index in [0.717, 1.165) is 12.0 Å². The highest BCUT2D eigenvalue weighted by atomic mass is 35.5. The zero-order chi connectivity index (χ0) is 21.1. The molecule has 1 aliphatic rings. The highest BCUT2D eigenvalue weighted by molar-refractivity contribution is 7.92. The molecule has 0 unspecified atom stereocenters. The molecule has 1 heterocycles. The van der Waals surface area contributed by atoms with Crippen molar-refractivity contribution in [3.05, 3.63) is 71.1 Å². The first kappa shape index (κ1) is 20.8. The molecule has 5 nitrogen and oxygen atoms in total. The van der Waals surface area contributed by atoms with Crippen LogP contribution < -0.4 is 4.72 Å². The number of nitrogens with zero attached hydrogens (tertiary/aromatic N) is 2. The van der Waals surface area contributed by atoms with Crippen molar-refractivity contribution in [3.63, 3.8) is 0 Å². The summed E-state index contributed by atoms with van der Waals surface area (Å²) >= 11 is 6.32. The van der Waals surface area contributed by atoms with Crippen LogP contribution in [0.3, 0.4) is 0 Å². The lowest BCUT2D eigenvalue weighted by molar-refractivity contribution is 0.601. The molecule has 0 atom stereocenters. The summed E-state index contributed by atoms with van der Waals surface area (Å²) in [6, 6.07) is 14.9. The van der Waals surface area contributed by atoms with E-state index in [-0.39, 0.29) is 15.9 Å². The van der Waals surface area contributed by atoms with Crippen LogP contribution in [0.25, 0.3) is 11.1 Å². The number of aromatic nitrogens is 2. The Bertz CT molecular complexity index is 1120. The maximum absolute atomic E-state index is 13.0. The number of benzene rings is 2. The summed E-state index contributed by atoms with van der Waals surface area (Å²) in [5.74, 6) is 0.701. The third-order valence-corrected chi connectivity index (χ3v) is 7.34. The Morgan fingerprint density at radius 3 is 2.30 bits per heavy atom. The van der Waals surface area contributed by atoms with Crippen molar-refractivity contribution in [1.82, 2.24) is 9.97 Å². The van der Waals surface area contributed by atoms with E-state index in [1.165, 1.54) is 43.1 Å². The fourth-order valence-corrected chi connectivity index (χ4v) is 5.23. The van der Waals surface area contributed by atoms with Crippen molar-refractivity contribution < 1.29 is 8.42 Å². The molecule has 0 radical (unpaired) electrons. The summed E-state index contributed by atoms with van der Waals surface area (Å²) in [4.78, 5) is 8.40. The monoisotopic (exact) mass is 441 g/mol.